The molecule has 2 aromatic rings. The Morgan fingerprint density at radius 1 is 1.00 bits per heavy atom. The molecule has 7 heteroatoms. The van der Waals surface area contributed by atoms with Crippen molar-refractivity contribution in [1.29, 1.82) is 0 Å². The smallest absolute Gasteiger partial charge is 0.224 e. The molecule has 27 heavy (non-hydrogen) atoms. The van der Waals surface area contributed by atoms with Crippen LogP contribution in [0.15, 0.2) is 36.4 Å². The summed E-state index contributed by atoms with van der Waals surface area (Å²) in [4.78, 5) is 11.9. The molecule has 0 radical (unpaired) electrons. The van der Waals surface area contributed by atoms with Crippen molar-refractivity contribution >= 4 is 23.2 Å². The van der Waals surface area contributed by atoms with Crippen LogP contribution in [-0.2, 0) is 11.3 Å². The lowest BCUT2D eigenvalue weighted by Gasteiger charge is -2.14. The topological polar surface area (TPSA) is 68.8 Å². The molecule has 0 atom stereocenters. The molecule has 6 nitrogen and oxygen atoms in total. The average Bonchev–Trinajstić information content (AvgIpc) is 2.68. The van der Waals surface area contributed by atoms with Gasteiger partial charge in [-0.15, -0.1) is 0 Å². The molecule has 1 amide bonds. The molecule has 0 spiro atoms. The first-order chi connectivity index (χ1) is 13.1. The molecule has 0 aromatic heterocycles. The van der Waals surface area contributed by atoms with Crippen LogP contribution in [0.5, 0.6) is 17.2 Å². The molecule has 0 heterocycles. The number of carbonyl (C=O) groups is 1. The minimum atomic E-state index is -0.0214. The second-order valence-corrected chi connectivity index (χ2v) is 6.31. The van der Waals surface area contributed by atoms with E-state index in [0.29, 0.717) is 41.8 Å². The second kappa shape index (κ2) is 10.6. The predicted molar refractivity (Wildman–Crippen MR) is 107 cm³/mol. The number of hydrogen-bond acceptors (Lipinski definition) is 5. The van der Waals surface area contributed by atoms with E-state index >= 15 is 0 Å². The Morgan fingerprint density at radius 2 is 1.63 bits per heavy atom. The standard InChI is InChI=1S/C20H25ClN2O4/c1-25-17-11-14(12-18(26-2)20(17)27-3)13-22-10-4-5-19(24)23-16-8-6-15(21)7-9-16/h6-9,11-12,22H,4-5,10,13H2,1-3H3,(H,23,24). The number of nitrogens with one attached hydrogen (secondary N) is 2. The zero-order valence-corrected chi connectivity index (χ0v) is 16.6. The molecule has 2 N–H and O–H groups in total. The maximum Gasteiger partial charge on any atom is 0.224 e. The Kier molecular flexibility index (Phi) is 8.23. The summed E-state index contributed by atoms with van der Waals surface area (Å²) in [5.41, 5.74) is 1.75. The normalized spacial score (nSPS) is 10.4. The lowest BCUT2D eigenvalue weighted by atomic mass is 10.1. The molecule has 0 aliphatic heterocycles. The highest BCUT2D eigenvalue weighted by molar-refractivity contribution is 6.30. The minimum Gasteiger partial charge on any atom is -0.493 e. The fourth-order valence-electron chi connectivity index (χ4n) is 2.60. The first-order valence-electron chi connectivity index (χ1n) is 8.62. The summed E-state index contributed by atoms with van der Waals surface area (Å²) in [7, 11) is 4.76. The summed E-state index contributed by atoms with van der Waals surface area (Å²) in [5, 5.41) is 6.81. The Bertz CT molecular complexity index is 725. The van der Waals surface area contributed by atoms with Gasteiger partial charge in [-0.05, 0) is 54.9 Å². The summed E-state index contributed by atoms with van der Waals surface area (Å²) in [6.45, 7) is 1.35. The van der Waals surface area contributed by atoms with E-state index in [0.717, 1.165) is 17.7 Å². The van der Waals surface area contributed by atoms with Gasteiger partial charge in [-0.2, -0.15) is 0 Å². The van der Waals surface area contributed by atoms with Crippen molar-refractivity contribution in [3.8, 4) is 17.2 Å². The Hall–Kier alpha value is -2.44. The van der Waals surface area contributed by atoms with Crippen molar-refractivity contribution in [3.05, 3.63) is 47.0 Å². The number of amides is 1. The molecular formula is C20H25ClN2O4. The number of halogens is 1. The first-order valence-corrected chi connectivity index (χ1v) is 9.00. The Morgan fingerprint density at radius 3 is 2.19 bits per heavy atom. The van der Waals surface area contributed by atoms with Crippen LogP contribution in [0.4, 0.5) is 5.69 Å². The van der Waals surface area contributed by atoms with Crippen LogP contribution in [0.2, 0.25) is 5.02 Å². The summed E-state index contributed by atoms with van der Waals surface area (Å²) in [6, 6.07) is 10.9. The monoisotopic (exact) mass is 392 g/mol. The van der Waals surface area contributed by atoms with Crippen molar-refractivity contribution in [2.75, 3.05) is 33.2 Å². The summed E-state index contributed by atoms with van der Waals surface area (Å²) < 4.78 is 16.0. The quantitative estimate of drug-likeness (QED) is 0.600. The van der Waals surface area contributed by atoms with Crippen LogP contribution in [0, 0.1) is 0 Å². The van der Waals surface area contributed by atoms with Gasteiger partial charge < -0.3 is 24.8 Å². The molecule has 0 aliphatic carbocycles. The number of benzene rings is 2. The SMILES string of the molecule is COc1cc(CNCCCC(=O)Nc2ccc(Cl)cc2)cc(OC)c1OC. The van der Waals surface area contributed by atoms with Crippen LogP contribution in [-0.4, -0.2) is 33.8 Å². The van der Waals surface area contributed by atoms with Crippen LogP contribution >= 0.6 is 11.6 Å². The fraction of sp³-hybridized carbons (Fsp3) is 0.350. The van der Waals surface area contributed by atoms with Gasteiger partial charge in [0.15, 0.2) is 11.5 Å². The highest BCUT2D eigenvalue weighted by Gasteiger charge is 2.12. The molecule has 146 valence electrons. The van der Waals surface area contributed by atoms with Gasteiger partial charge in [0, 0.05) is 23.7 Å². The number of rotatable bonds is 10. The molecule has 2 aromatic carbocycles. The minimum absolute atomic E-state index is 0.0214. The lowest BCUT2D eigenvalue weighted by molar-refractivity contribution is -0.116. The third-order valence-corrected chi connectivity index (χ3v) is 4.19. The number of carbonyl (C=O) groups excluding carboxylic acids is 1. The molecule has 0 saturated carbocycles. The highest BCUT2D eigenvalue weighted by atomic mass is 35.5. The van der Waals surface area contributed by atoms with Crippen molar-refractivity contribution in [3.63, 3.8) is 0 Å². The van der Waals surface area contributed by atoms with Gasteiger partial charge in [-0.25, -0.2) is 0 Å². The molecule has 2 rings (SSSR count). The van der Waals surface area contributed by atoms with Gasteiger partial charge >= 0.3 is 0 Å². The molecule has 0 fully saturated rings. The van der Waals surface area contributed by atoms with E-state index < -0.39 is 0 Å². The fourth-order valence-corrected chi connectivity index (χ4v) is 2.73. The summed E-state index contributed by atoms with van der Waals surface area (Å²) in [5.74, 6) is 1.79. The van der Waals surface area contributed by atoms with E-state index in [1.54, 1.807) is 45.6 Å². The lowest BCUT2D eigenvalue weighted by Crippen LogP contribution is -2.18. The number of methoxy groups -OCH3 is 3. The molecular weight excluding hydrogens is 368 g/mol. The maximum atomic E-state index is 11.9. The molecule has 0 bridgehead atoms. The van der Waals surface area contributed by atoms with Crippen molar-refractivity contribution < 1.29 is 19.0 Å². The van der Waals surface area contributed by atoms with Gasteiger partial charge in [0.2, 0.25) is 11.7 Å². The van der Waals surface area contributed by atoms with E-state index in [-0.39, 0.29) is 5.91 Å². The third-order valence-electron chi connectivity index (χ3n) is 3.94. The van der Waals surface area contributed by atoms with Crippen molar-refractivity contribution in [2.45, 2.75) is 19.4 Å². The van der Waals surface area contributed by atoms with Crippen LogP contribution in [0.25, 0.3) is 0 Å². The Labute approximate surface area is 164 Å². The predicted octanol–water partition coefficient (Wildman–Crippen LogP) is 3.87. The molecule has 0 saturated heterocycles. The van der Waals surface area contributed by atoms with Gasteiger partial charge in [-0.3, -0.25) is 4.79 Å². The van der Waals surface area contributed by atoms with Crippen LogP contribution in [0.1, 0.15) is 18.4 Å². The second-order valence-electron chi connectivity index (χ2n) is 5.87. The van der Waals surface area contributed by atoms with E-state index in [4.69, 9.17) is 25.8 Å². The maximum absolute atomic E-state index is 11.9. The number of ether oxygens (including phenoxy) is 3. The van der Waals surface area contributed by atoms with E-state index in [1.807, 2.05) is 12.1 Å². The van der Waals surface area contributed by atoms with Crippen molar-refractivity contribution in [2.24, 2.45) is 0 Å². The van der Waals surface area contributed by atoms with Gasteiger partial charge in [-0.1, -0.05) is 11.6 Å². The van der Waals surface area contributed by atoms with E-state index in [2.05, 4.69) is 10.6 Å². The van der Waals surface area contributed by atoms with E-state index in [9.17, 15) is 4.79 Å². The zero-order chi connectivity index (χ0) is 19.6. The number of anilines is 1. The molecule has 0 aliphatic rings. The van der Waals surface area contributed by atoms with Crippen LogP contribution in [0.3, 0.4) is 0 Å². The Balaban J connectivity index is 1.76. The van der Waals surface area contributed by atoms with Gasteiger partial charge in [0.05, 0.1) is 21.3 Å². The highest BCUT2D eigenvalue weighted by Crippen LogP contribution is 2.38. The zero-order valence-electron chi connectivity index (χ0n) is 15.8. The molecule has 0 unspecified atom stereocenters. The largest absolute Gasteiger partial charge is 0.493 e. The van der Waals surface area contributed by atoms with Crippen LogP contribution < -0.4 is 24.8 Å². The van der Waals surface area contributed by atoms with Gasteiger partial charge in [0.25, 0.3) is 0 Å². The first kappa shape index (κ1) is 20.9. The summed E-state index contributed by atoms with van der Waals surface area (Å²) >= 11 is 5.83. The van der Waals surface area contributed by atoms with E-state index in [1.165, 1.54) is 0 Å². The third kappa shape index (κ3) is 6.34. The summed E-state index contributed by atoms with van der Waals surface area (Å²) in [6.07, 6.45) is 1.16. The number of hydrogen-bond donors (Lipinski definition) is 2. The van der Waals surface area contributed by atoms with Gasteiger partial charge in [0.1, 0.15) is 0 Å². The van der Waals surface area contributed by atoms with Crippen molar-refractivity contribution in [1.82, 2.24) is 5.32 Å². The average molecular weight is 393 g/mol.